The number of hydrogen-bond donors (Lipinski definition) is 3. The minimum atomic E-state index is -1.33. The number of aromatic nitrogens is 3. The van der Waals surface area contributed by atoms with Gasteiger partial charge in [0.2, 0.25) is 12.3 Å². The van der Waals surface area contributed by atoms with E-state index in [1.54, 1.807) is 43.5 Å². The van der Waals surface area contributed by atoms with E-state index in [2.05, 4.69) is 15.6 Å². The molecular formula is C32H31F2N5O2. The summed E-state index contributed by atoms with van der Waals surface area (Å²) in [6, 6.07) is 12.2. The number of aromatic amines is 1. The summed E-state index contributed by atoms with van der Waals surface area (Å²) in [4.78, 5) is 37.2. The lowest BCUT2D eigenvalue weighted by Gasteiger charge is -2.17. The molecule has 4 aromatic rings. The average molecular weight is 556 g/mol. The van der Waals surface area contributed by atoms with Gasteiger partial charge in [0.15, 0.2) is 0 Å². The molecular weight excluding hydrogens is 524 g/mol. The van der Waals surface area contributed by atoms with E-state index >= 15 is 4.39 Å². The van der Waals surface area contributed by atoms with Crippen molar-refractivity contribution in [2.24, 2.45) is 11.8 Å². The summed E-state index contributed by atoms with van der Waals surface area (Å²) in [5, 5.41) is 5.67. The highest BCUT2D eigenvalue weighted by atomic mass is 19.1. The summed E-state index contributed by atoms with van der Waals surface area (Å²) >= 11 is 0. The third-order valence-corrected chi connectivity index (χ3v) is 8.29. The summed E-state index contributed by atoms with van der Waals surface area (Å²) in [6.07, 6.45) is 2.98. The molecule has 1 fully saturated rings. The zero-order chi connectivity index (χ0) is 28.8. The number of fused-ring (bicyclic) bond motifs is 5. The van der Waals surface area contributed by atoms with Crippen LogP contribution in [-0.2, 0) is 9.59 Å². The number of nitrogens with one attached hydrogen (secondary N) is 3. The van der Waals surface area contributed by atoms with E-state index < -0.39 is 12.0 Å². The molecule has 210 valence electrons. The van der Waals surface area contributed by atoms with Gasteiger partial charge in [-0.1, -0.05) is 18.2 Å². The molecule has 0 saturated heterocycles. The number of imidazole rings is 1. The highest BCUT2D eigenvalue weighted by molar-refractivity contribution is 5.97. The minimum Gasteiger partial charge on any atom is -0.345 e. The molecule has 4 atom stereocenters. The van der Waals surface area contributed by atoms with E-state index in [1.807, 2.05) is 19.1 Å². The van der Waals surface area contributed by atoms with Crippen LogP contribution >= 0.6 is 0 Å². The third-order valence-electron chi connectivity index (χ3n) is 8.29. The lowest BCUT2D eigenvalue weighted by atomic mass is 9.92. The van der Waals surface area contributed by atoms with Gasteiger partial charge in [0, 0.05) is 40.7 Å². The highest BCUT2D eigenvalue weighted by Crippen LogP contribution is 2.49. The molecule has 2 amide bonds. The van der Waals surface area contributed by atoms with Crippen molar-refractivity contribution in [3.8, 4) is 22.4 Å². The van der Waals surface area contributed by atoms with Crippen molar-refractivity contribution in [3.05, 3.63) is 82.8 Å². The average Bonchev–Trinajstić information content (AvgIpc) is 3.55. The first-order valence-electron chi connectivity index (χ1n) is 13.8. The number of anilines is 2. The Labute approximate surface area is 236 Å². The first-order chi connectivity index (χ1) is 19.7. The largest absolute Gasteiger partial charge is 0.345 e. The molecule has 7 nitrogen and oxygen atoms in total. The number of amides is 2. The van der Waals surface area contributed by atoms with Crippen LogP contribution in [0.4, 0.5) is 20.2 Å². The van der Waals surface area contributed by atoms with E-state index in [0.717, 1.165) is 35.6 Å². The molecule has 9 heteroatoms. The predicted octanol–water partition coefficient (Wildman–Crippen LogP) is 6.99. The topological polar surface area (TPSA) is 99.8 Å². The van der Waals surface area contributed by atoms with Gasteiger partial charge in [-0.25, -0.2) is 13.8 Å². The lowest BCUT2D eigenvalue weighted by molar-refractivity contribution is -0.116. The molecule has 1 aliphatic heterocycles. The number of hydrogen-bond acceptors (Lipinski definition) is 4. The van der Waals surface area contributed by atoms with Crippen LogP contribution in [0.5, 0.6) is 0 Å². The van der Waals surface area contributed by atoms with Crippen molar-refractivity contribution in [2.45, 2.75) is 52.1 Å². The Morgan fingerprint density at radius 3 is 2.66 bits per heavy atom. The van der Waals surface area contributed by atoms with Crippen molar-refractivity contribution in [2.75, 3.05) is 10.6 Å². The quantitative estimate of drug-likeness (QED) is 0.231. The predicted molar refractivity (Wildman–Crippen MR) is 154 cm³/mol. The summed E-state index contributed by atoms with van der Waals surface area (Å²) in [5.74, 6) is 0.653. The molecule has 6 rings (SSSR count). The number of alkyl halides is 1. The fourth-order valence-electron chi connectivity index (χ4n) is 5.97. The Hall–Kier alpha value is -4.40. The number of aryl methyl sites for hydroxylation is 2. The molecule has 3 N–H and O–H groups in total. The van der Waals surface area contributed by atoms with Gasteiger partial charge in [-0.2, -0.15) is 0 Å². The summed E-state index contributed by atoms with van der Waals surface area (Å²) in [7, 11) is 0. The Bertz CT molecular complexity index is 1650. The van der Waals surface area contributed by atoms with Crippen molar-refractivity contribution in [1.29, 1.82) is 0 Å². The Balaban J connectivity index is 1.42. The Morgan fingerprint density at radius 1 is 1.10 bits per heavy atom. The number of rotatable bonds is 5. The SMILES string of the molecule is Cc1ccc(C(C)F)c(-c2ccc(C3CC4CC4CC(=O)Nc4cc(NC=O)ccc4-c4nc3[nH]c4C)nc2)c1F. The number of carbonyl (C=O) groups excluding carboxylic acids is 2. The van der Waals surface area contributed by atoms with Gasteiger partial charge >= 0.3 is 0 Å². The van der Waals surface area contributed by atoms with Gasteiger partial charge in [0.1, 0.15) is 17.8 Å². The summed E-state index contributed by atoms with van der Waals surface area (Å²) in [6.45, 7) is 5.00. The zero-order valence-corrected chi connectivity index (χ0v) is 23.1. The van der Waals surface area contributed by atoms with Crippen molar-refractivity contribution in [3.63, 3.8) is 0 Å². The van der Waals surface area contributed by atoms with Crippen LogP contribution in [0.1, 0.15) is 66.6 Å². The number of carbonyl (C=O) groups is 2. The van der Waals surface area contributed by atoms with Gasteiger partial charge in [-0.05, 0) is 80.8 Å². The van der Waals surface area contributed by atoms with E-state index in [9.17, 15) is 14.0 Å². The molecule has 3 heterocycles. The second-order valence-electron chi connectivity index (χ2n) is 11.2. The smallest absolute Gasteiger partial charge is 0.224 e. The van der Waals surface area contributed by atoms with Gasteiger partial charge in [0.05, 0.1) is 23.0 Å². The van der Waals surface area contributed by atoms with Crippen LogP contribution in [0.3, 0.4) is 0 Å². The number of H-pyrrole nitrogens is 1. The molecule has 1 aliphatic carbocycles. The van der Waals surface area contributed by atoms with Gasteiger partial charge in [0.25, 0.3) is 0 Å². The van der Waals surface area contributed by atoms with Crippen molar-refractivity contribution < 1.29 is 18.4 Å². The van der Waals surface area contributed by atoms with Crippen LogP contribution in [0.2, 0.25) is 0 Å². The first kappa shape index (κ1) is 26.8. The molecule has 2 aromatic heterocycles. The Kier molecular flexibility index (Phi) is 6.89. The molecule has 4 unspecified atom stereocenters. The van der Waals surface area contributed by atoms with Crippen LogP contribution in [-0.4, -0.2) is 27.3 Å². The van der Waals surface area contributed by atoms with Crippen LogP contribution in [0, 0.1) is 31.5 Å². The molecule has 2 aliphatic rings. The molecule has 1 saturated carbocycles. The summed E-state index contributed by atoms with van der Waals surface area (Å²) < 4.78 is 29.6. The van der Waals surface area contributed by atoms with Gasteiger partial charge in [-0.3, -0.25) is 14.6 Å². The second-order valence-corrected chi connectivity index (χ2v) is 11.2. The molecule has 0 radical (unpaired) electrons. The van der Waals surface area contributed by atoms with E-state index in [-0.39, 0.29) is 23.3 Å². The van der Waals surface area contributed by atoms with E-state index in [0.29, 0.717) is 52.5 Å². The molecule has 0 spiro atoms. The number of pyridine rings is 1. The van der Waals surface area contributed by atoms with Gasteiger partial charge < -0.3 is 15.6 Å². The monoisotopic (exact) mass is 555 g/mol. The minimum absolute atomic E-state index is 0.0758. The van der Waals surface area contributed by atoms with Crippen molar-refractivity contribution in [1.82, 2.24) is 15.0 Å². The fourth-order valence-corrected chi connectivity index (χ4v) is 5.97. The number of benzene rings is 2. The van der Waals surface area contributed by atoms with E-state index in [1.165, 1.54) is 6.92 Å². The number of halogens is 2. The maximum absolute atomic E-state index is 15.2. The molecule has 41 heavy (non-hydrogen) atoms. The lowest BCUT2D eigenvalue weighted by Crippen LogP contribution is -2.15. The highest BCUT2D eigenvalue weighted by Gasteiger charge is 2.41. The standard InChI is InChI=1S/C32H31F2N5O2/c1-16-4-7-23(17(2)33)29(30(16)34)19-5-9-26(35-14-19)25-11-20-10-21(20)12-28(41)38-27-13-22(36-15-40)6-8-24(27)31-18(3)37-32(25)39-31/h4-9,13-15,17,20-21,25H,10-12H2,1-3H3,(H,36,40)(H,37,39)(H,38,41). The number of nitrogens with zero attached hydrogens (tertiary/aromatic N) is 2. The third kappa shape index (κ3) is 5.12. The fraction of sp³-hybridized carbons (Fsp3) is 0.312. The van der Waals surface area contributed by atoms with E-state index in [4.69, 9.17) is 9.97 Å². The Morgan fingerprint density at radius 2 is 1.93 bits per heavy atom. The zero-order valence-electron chi connectivity index (χ0n) is 23.1. The maximum Gasteiger partial charge on any atom is 0.224 e. The molecule has 2 aromatic carbocycles. The normalized spacial score (nSPS) is 20.5. The maximum atomic E-state index is 15.2. The van der Waals surface area contributed by atoms with Crippen molar-refractivity contribution >= 4 is 23.7 Å². The van der Waals surface area contributed by atoms with Crippen LogP contribution in [0.15, 0.2) is 48.7 Å². The second kappa shape index (κ2) is 10.5. The first-order valence-corrected chi connectivity index (χ1v) is 13.8. The van der Waals surface area contributed by atoms with Gasteiger partial charge in [-0.15, -0.1) is 0 Å². The van der Waals surface area contributed by atoms with Crippen LogP contribution < -0.4 is 10.6 Å². The summed E-state index contributed by atoms with van der Waals surface area (Å²) in [5.41, 5.74) is 5.71. The molecule has 2 bridgehead atoms. The van der Waals surface area contributed by atoms with Crippen LogP contribution in [0.25, 0.3) is 22.4 Å².